The summed E-state index contributed by atoms with van der Waals surface area (Å²) in [6.07, 6.45) is 1.69. The smallest absolute Gasteiger partial charge is 0.726 e. The molecule has 0 amide bonds. The fourth-order valence-corrected chi connectivity index (χ4v) is 2.62. The Hall–Kier alpha value is -0.850. The molecule has 1 atom stereocenters. The Morgan fingerprint density at radius 2 is 2.00 bits per heavy atom. The van der Waals surface area contributed by atoms with Gasteiger partial charge in [-0.15, -0.1) is 5.10 Å². The normalized spacial score (nSPS) is 12.5. The maximum absolute atomic E-state index is 10.9. The maximum Gasteiger partial charge on any atom is 1.00 e. The molecule has 9 nitrogen and oxygen atoms in total. The van der Waals surface area contributed by atoms with E-state index in [1.807, 2.05) is 30.3 Å². The van der Waals surface area contributed by atoms with Crippen LogP contribution in [-0.2, 0) is 38.9 Å². The quantitative estimate of drug-likeness (QED) is 0.248. The van der Waals surface area contributed by atoms with Crippen molar-refractivity contribution >= 4 is 10.4 Å². The topological polar surface area (TPSA) is 127 Å². The van der Waals surface area contributed by atoms with E-state index < -0.39 is 16.5 Å². The van der Waals surface area contributed by atoms with Crippen LogP contribution in [0.1, 0.15) is 17.7 Å². The summed E-state index contributed by atoms with van der Waals surface area (Å²) in [6.45, 7) is 0.212. The van der Waals surface area contributed by atoms with E-state index in [2.05, 4.69) is 14.5 Å². The average molecular weight is 393 g/mol. The first-order chi connectivity index (χ1) is 12.0. The van der Waals surface area contributed by atoms with Crippen molar-refractivity contribution in [3.63, 3.8) is 0 Å². The van der Waals surface area contributed by atoms with Crippen molar-refractivity contribution in [3.8, 4) is 0 Å². The summed E-state index contributed by atoms with van der Waals surface area (Å²) in [6, 6.07) is 9.32. The third-order valence-electron chi connectivity index (χ3n) is 3.24. The van der Waals surface area contributed by atoms with Gasteiger partial charge >= 0.3 is 29.6 Å². The fraction of sp³-hybridized carbons (Fsp3) is 0.467. The Morgan fingerprint density at radius 3 is 2.65 bits per heavy atom. The van der Waals surface area contributed by atoms with Gasteiger partial charge in [-0.05, 0) is 18.4 Å². The largest absolute Gasteiger partial charge is 1.00 e. The first-order valence-electron chi connectivity index (χ1n) is 7.72. The summed E-state index contributed by atoms with van der Waals surface area (Å²) >= 11 is 0. The SMILES string of the molecule is O=S(=O)([O-])OC(COCc1ccccc1)Cn1cc(CCCO)nn1.[Na+]. The number of ether oxygens (including phenoxy) is 1. The minimum atomic E-state index is -4.87. The molecule has 0 bridgehead atoms. The Labute approximate surface area is 174 Å². The monoisotopic (exact) mass is 393 g/mol. The Balaban J connectivity index is 0.00000338. The number of aromatic nitrogens is 3. The summed E-state index contributed by atoms with van der Waals surface area (Å²) in [5.74, 6) is 0. The molecule has 0 radical (unpaired) electrons. The van der Waals surface area contributed by atoms with Gasteiger partial charge in [0.2, 0.25) is 10.4 Å². The first kappa shape index (κ1) is 23.2. The molecule has 11 heteroatoms. The number of nitrogens with zero attached hydrogens (tertiary/aromatic N) is 3. The van der Waals surface area contributed by atoms with Crippen LogP contribution in [0.3, 0.4) is 0 Å². The molecule has 0 aliphatic carbocycles. The molecule has 0 saturated carbocycles. The van der Waals surface area contributed by atoms with Crippen LogP contribution in [-0.4, -0.2) is 52.4 Å². The second-order valence-corrected chi connectivity index (χ2v) is 6.40. The van der Waals surface area contributed by atoms with E-state index in [9.17, 15) is 13.0 Å². The van der Waals surface area contributed by atoms with Gasteiger partial charge in [0.1, 0.15) is 6.10 Å². The van der Waals surface area contributed by atoms with E-state index in [-0.39, 0.29) is 55.9 Å². The minimum absolute atomic E-state index is 0. The molecule has 0 saturated heterocycles. The predicted molar refractivity (Wildman–Crippen MR) is 86.1 cm³/mol. The number of hydrogen-bond acceptors (Lipinski definition) is 8. The molecule has 1 unspecified atom stereocenters. The van der Waals surface area contributed by atoms with Gasteiger partial charge in [-0.3, -0.25) is 4.18 Å². The zero-order chi connectivity index (χ0) is 18.1. The van der Waals surface area contributed by atoms with Crippen molar-refractivity contribution in [1.82, 2.24) is 15.0 Å². The van der Waals surface area contributed by atoms with E-state index >= 15 is 0 Å². The summed E-state index contributed by atoms with van der Waals surface area (Å²) < 4.78 is 44.1. The zero-order valence-electron chi connectivity index (χ0n) is 14.5. The number of benzene rings is 1. The molecule has 0 spiro atoms. The van der Waals surface area contributed by atoms with Crippen LogP contribution in [0.4, 0.5) is 0 Å². The number of aryl methyl sites for hydroxylation is 1. The van der Waals surface area contributed by atoms with E-state index in [4.69, 9.17) is 9.84 Å². The van der Waals surface area contributed by atoms with Gasteiger partial charge in [0.05, 0.1) is 25.5 Å². The number of hydrogen-bond donors (Lipinski definition) is 1. The summed E-state index contributed by atoms with van der Waals surface area (Å²) in [7, 11) is -4.87. The summed E-state index contributed by atoms with van der Waals surface area (Å²) in [5, 5.41) is 16.6. The summed E-state index contributed by atoms with van der Waals surface area (Å²) in [5.41, 5.74) is 1.57. The van der Waals surface area contributed by atoms with Crippen LogP contribution in [0.5, 0.6) is 0 Å². The standard InChI is InChI=1S/C15H21N3O6S.Na/c19-8-4-7-14-9-18(17-16-14)10-15(24-25(20,21)22)12-23-11-13-5-2-1-3-6-13;/h1-3,5-6,9,15,19H,4,7-8,10-12H2,(H,20,21,22);/q;+1/p-1. The average Bonchev–Trinajstić information content (AvgIpc) is 3.00. The molecule has 1 aromatic heterocycles. The van der Waals surface area contributed by atoms with E-state index in [0.717, 1.165) is 5.56 Å². The number of rotatable bonds is 11. The molecule has 2 aromatic rings. The van der Waals surface area contributed by atoms with Crippen molar-refractivity contribution in [2.75, 3.05) is 13.2 Å². The Morgan fingerprint density at radius 1 is 1.27 bits per heavy atom. The number of aliphatic hydroxyl groups excluding tert-OH is 1. The van der Waals surface area contributed by atoms with Crippen LogP contribution in [0, 0.1) is 0 Å². The number of aliphatic hydroxyl groups is 1. The van der Waals surface area contributed by atoms with Gasteiger partial charge in [0, 0.05) is 12.8 Å². The molecular formula is C15H20N3NaO6S. The molecule has 2 rings (SSSR count). The first-order valence-corrected chi connectivity index (χ1v) is 9.05. The Bertz CT molecular complexity index is 741. The molecular weight excluding hydrogens is 373 g/mol. The molecule has 26 heavy (non-hydrogen) atoms. The van der Waals surface area contributed by atoms with Gasteiger partial charge < -0.3 is 14.4 Å². The molecule has 138 valence electrons. The maximum atomic E-state index is 10.9. The molecule has 1 N–H and O–H groups in total. The third kappa shape index (κ3) is 9.19. The Kier molecular flexibility index (Phi) is 10.5. The van der Waals surface area contributed by atoms with Crippen molar-refractivity contribution < 1.29 is 56.6 Å². The van der Waals surface area contributed by atoms with Gasteiger partial charge in [0.25, 0.3) is 0 Å². The van der Waals surface area contributed by atoms with Crippen LogP contribution in [0.2, 0.25) is 0 Å². The van der Waals surface area contributed by atoms with Crippen LogP contribution in [0.15, 0.2) is 36.5 Å². The second-order valence-electron chi connectivity index (χ2n) is 5.39. The van der Waals surface area contributed by atoms with Gasteiger partial charge in [-0.25, -0.2) is 13.1 Å². The van der Waals surface area contributed by atoms with Gasteiger partial charge in [-0.1, -0.05) is 35.5 Å². The van der Waals surface area contributed by atoms with E-state index in [1.165, 1.54) is 4.68 Å². The fourth-order valence-electron chi connectivity index (χ4n) is 2.17. The van der Waals surface area contributed by atoms with Crippen molar-refractivity contribution in [2.45, 2.75) is 32.1 Å². The van der Waals surface area contributed by atoms with E-state index in [0.29, 0.717) is 18.5 Å². The molecule has 0 aliphatic rings. The third-order valence-corrected chi connectivity index (χ3v) is 3.74. The van der Waals surface area contributed by atoms with E-state index in [1.54, 1.807) is 6.20 Å². The van der Waals surface area contributed by atoms with Crippen molar-refractivity contribution in [2.24, 2.45) is 0 Å². The van der Waals surface area contributed by atoms with Crippen molar-refractivity contribution in [1.29, 1.82) is 0 Å². The zero-order valence-corrected chi connectivity index (χ0v) is 17.3. The predicted octanol–water partition coefficient (Wildman–Crippen LogP) is -2.73. The minimum Gasteiger partial charge on any atom is -0.726 e. The van der Waals surface area contributed by atoms with Crippen molar-refractivity contribution in [3.05, 3.63) is 47.8 Å². The van der Waals surface area contributed by atoms with Crippen LogP contribution in [0.25, 0.3) is 0 Å². The van der Waals surface area contributed by atoms with Gasteiger partial charge in [0.15, 0.2) is 0 Å². The van der Waals surface area contributed by atoms with Crippen LogP contribution >= 0.6 is 0 Å². The molecule has 0 fully saturated rings. The molecule has 1 aromatic carbocycles. The second kappa shape index (κ2) is 11.8. The van der Waals surface area contributed by atoms with Gasteiger partial charge in [-0.2, -0.15) is 0 Å². The molecule has 1 heterocycles. The molecule has 0 aliphatic heterocycles. The summed E-state index contributed by atoms with van der Waals surface area (Å²) in [4.78, 5) is 0. The van der Waals surface area contributed by atoms with Crippen LogP contribution < -0.4 is 29.6 Å².